The average Bonchev–Trinajstić information content (AvgIpc) is 2.79. The molecule has 1 aromatic heterocycles. The van der Waals surface area contributed by atoms with Gasteiger partial charge in [-0.25, -0.2) is 4.98 Å². The highest BCUT2D eigenvalue weighted by atomic mass is 16.5. The average molecular weight is 385 g/mol. The van der Waals surface area contributed by atoms with Gasteiger partial charge in [-0.15, -0.1) is 10.2 Å². The molecule has 3 aromatic carbocycles. The molecule has 0 bridgehead atoms. The summed E-state index contributed by atoms with van der Waals surface area (Å²) in [5, 5.41) is 18.3. The van der Waals surface area contributed by atoms with Crippen molar-refractivity contribution in [2.45, 2.75) is 0 Å². The Morgan fingerprint density at radius 1 is 0.586 bits per heavy atom. The second kappa shape index (κ2) is 7.98. The van der Waals surface area contributed by atoms with Gasteiger partial charge in [-0.3, -0.25) is 0 Å². The van der Waals surface area contributed by atoms with E-state index in [9.17, 15) is 5.11 Å². The Balaban J connectivity index is 1.85. The molecule has 144 valence electrons. The maximum atomic E-state index is 9.54. The number of aromatic nitrogens is 3. The van der Waals surface area contributed by atoms with E-state index in [2.05, 4.69) is 10.2 Å². The predicted octanol–water partition coefficient (Wildman–Crippen LogP) is 4.60. The molecule has 1 heterocycles. The summed E-state index contributed by atoms with van der Waals surface area (Å²) in [6.07, 6.45) is 0. The Morgan fingerprint density at radius 2 is 1.07 bits per heavy atom. The zero-order valence-corrected chi connectivity index (χ0v) is 16.0. The van der Waals surface area contributed by atoms with Gasteiger partial charge in [0.15, 0.2) is 5.82 Å². The molecule has 4 rings (SSSR count). The van der Waals surface area contributed by atoms with Crippen molar-refractivity contribution in [1.29, 1.82) is 0 Å². The summed E-state index contributed by atoms with van der Waals surface area (Å²) in [7, 11) is 3.26. The van der Waals surface area contributed by atoms with Gasteiger partial charge in [-0.1, -0.05) is 0 Å². The first-order valence-electron chi connectivity index (χ1n) is 9.01. The quantitative estimate of drug-likeness (QED) is 0.541. The number of hydrogen-bond donors (Lipinski definition) is 1. The summed E-state index contributed by atoms with van der Waals surface area (Å²) in [6, 6.07) is 22.0. The van der Waals surface area contributed by atoms with Crippen LogP contribution in [0.3, 0.4) is 0 Å². The minimum absolute atomic E-state index is 0.187. The normalized spacial score (nSPS) is 10.6. The molecule has 0 saturated carbocycles. The van der Waals surface area contributed by atoms with Crippen LogP contribution in [0.1, 0.15) is 0 Å². The Bertz CT molecular complexity index is 1110. The van der Waals surface area contributed by atoms with Crippen molar-refractivity contribution in [2.75, 3.05) is 14.2 Å². The van der Waals surface area contributed by atoms with Crippen molar-refractivity contribution in [3.63, 3.8) is 0 Å². The number of phenols is 1. The van der Waals surface area contributed by atoms with E-state index in [0.29, 0.717) is 17.2 Å². The van der Waals surface area contributed by atoms with Gasteiger partial charge in [-0.2, -0.15) is 0 Å². The molecule has 0 aliphatic carbocycles. The lowest BCUT2D eigenvalue weighted by Crippen LogP contribution is -2.00. The fraction of sp³-hybridized carbons (Fsp3) is 0.0870. The van der Waals surface area contributed by atoms with Gasteiger partial charge >= 0.3 is 0 Å². The van der Waals surface area contributed by atoms with Crippen LogP contribution in [0.15, 0.2) is 72.8 Å². The Labute approximate surface area is 168 Å². The predicted molar refractivity (Wildman–Crippen MR) is 111 cm³/mol. The van der Waals surface area contributed by atoms with Crippen LogP contribution in [-0.2, 0) is 0 Å². The highest BCUT2D eigenvalue weighted by Crippen LogP contribution is 2.32. The molecule has 1 N–H and O–H groups in total. The minimum Gasteiger partial charge on any atom is -0.508 e. The molecular formula is C23H19N3O3. The second-order valence-corrected chi connectivity index (χ2v) is 6.34. The zero-order valence-electron chi connectivity index (χ0n) is 16.0. The van der Waals surface area contributed by atoms with Gasteiger partial charge < -0.3 is 14.6 Å². The summed E-state index contributed by atoms with van der Waals surface area (Å²) < 4.78 is 10.5. The highest BCUT2D eigenvalue weighted by Gasteiger charge is 2.15. The van der Waals surface area contributed by atoms with E-state index in [0.717, 1.165) is 28.2 Å². The van der Waals surface area contributed by atoms with Crippen LogP contribution in [0.2, 0.25) is 0 Å². The Kier molecular flexibility index (Phi) is 5.07. The number of ether oxygens (including phenoxy) is 2. The lowest BCUT2D eigenvalue weighted by Gasteiger charge is -2.11. The number of benzene rings is 3. The number of phenolic OH excluding ortho intramolecular Hbond substituents is 1. The lowest BCUT2D eigenvalue weighted by molar-refractivity contribution is 0.414. The van der Waals surface area contributed by atoms with E-state index < -0.39 is 0 Å². The topological polar surface area (TPSA) is 77.4 Å². The van der Waals surface area contributed by atoms with Crippen LogP contribution in [0.25, 0.3) is 33.9 Å². The van der Waals surface area contributed by atoms with Crippen LogP contribution in [-0.4, -0.2) is 34.5 Å². The first kappa shape index (κ1) is 18.4. The summed E-state index contributed by atoms with van der Waals surface area (Å²) in [5.41, 5.74) is 3.92. The van der Waals surface area contributed by atoms with Gasteiger partial charge in [0.25, 0.3) is 0 Å². The molecule has 0 amide bonds. The van der Waals surface area contributed by atoms with E-state index >= 15 is 0 Å². The molecule has 0 radical (unpaired) electrons. The molecule has 0 fully saturated rings. The van der Waals surface area contributed by atoms with Crippen LogP contribution >= 0.6 is 0 Å². The minimum atomic E-state index is 0.187. The summed E-state index contributed by atoms with van der Waals surface area (Å²) in [5.74, 6) is 2.20. The molecule has 29 heavy (non-hydrogen) atoms. The fourth-order valence-corrected chi connectivity index (χ4v) is 2.95. The maximum absolute atomic E-state index is 9.54. The molecule has 6 nitrogen and oxygen atoms in total. The molecular weight excluding hydrogens is 366 g/mol. The number of nitrogens with zero attached hydrogens (tertiary/aromatic N) is 3. The molecule has 6 heteroatoms. The van der Waals surface area contributed by atoms with Crippen LogP contribution in [0.5, 0.6) is 17.2 Å². The van der Waals surface area contributed by atoms with Crippen LogP contribution < -0.4 is 9.47 Å². The molecule has 0 spiro atoms. The van der Waals surface area contributed by atoms with E-state index in [-0.39, 0.29) is 5.75 Å². The second-order valence-electron chi connectivity index (χ2n) is 6.34. The first-order valence-corrected chi connectivity index (χ1v) is 9.01. The monoisotopic (exact) mass is 385 g/mol. The SMILES string of the molecule is COc1ccc(-c2nnc(-c3ccc(O)cc3)nc2-c2ccc(OC)cc2)cc1. The molecule has 0 saturated heterocycles. The lowest BCUT2D eigenvalue weighted by atomic mass is 10.0. The van der Waals surface area contributed by atoms with Crippen LogP contribution in [0.4, 0.5) is 0 Å². The van der Waals surface area contributed by atoms with E-state index in [1.165, 1.54) is 0 Å². The summed E-state index contributed by atoms with van der Waals surface area (Å²) >= 11 is 0. The van der Waals surface area contributed by atoms with Gasteiger partial charge in [0.2, 0.25) is 0 Å². The molecule has 0 aliphatic rings. The number of methoxy groups -OCH3 is 2. The smallest absolute Gasteiger partial charge is 0.182 e. The van der Waals surface area contributed by atoms with E-state index in [1.807, 2.05) is 48.5 Å². The number of rotatable bonds is 5. The zero-order chi connectivity index (χ0) is 20.2. The van der Waals surface area contributed by atoms with Crippen molar-refractivity contribution >= 4 is 0 Å². The fourth-order valence-electron chi connectivity index (χ4n) is 2.95. The van der Waals surface area contributed by atoms with Gasteiger partial charge in [0.05, 0.1) is 14.2 Å². The van der Waals surface area contributed by atoms with Crippen molar-refractivity contribution in [1.82, 2.24) is 15.2 Å². The van der Waals surface area contributed by atoms with Gasteiger partial charge in [0.1, 0.15) is 28.6 Å². The third-order valence-electron chi connectivity index (χ3n) is 4.54. The molecule has 4 aromatic rings. The van der Waals surface area contributed by atoms with E-state index in [4.69, 9.17) is 14.5 Å². The molecule has 0 aliphatic heterocycles. The van der Waals surface area contributed by atoms with Gasteiger partial charge in [-0.05, 0) is 72.8 Å². The molecule has 0 unspecified atom stereocenters. The van der Waals surface area contributed by atoms with Crippen molar-refractivity contribution in [3.8, 4) is 51.2 Å². The van der Waals surface area contributed by atoms with Gasteiger partial charge in [0, 0.05) is 16.7 Å². The summed E-state index contributed by atoms with van der Waals surface area (Å²) in [6.45, 7) is 0. The van der Waals surface area contributed by atoms with Crippen LogP contribution in [0, 0.1) is 0 Å². The summed E-state index contributed by atoms with van der Waals surface area (Å²) in [4.78, 5) is 4.79. The van der Waals surface area contributed by atoms with E-state index in [1.54, 1.807) is 38.5 Å². The Morgan fingerprint density at radius 3 is 1.59 bits per heavy atom. The third-order valence-corrected chi connectivity index (χ3v) is 4.54. The third kappa shape index (κ3) is 3.87. The number of hydrogen-bond acceptors (Lipinski definition) is 6. The standard InChI is InChI=1S/C23H19N3O3/c1-28-19-11-5-15(6-12-19)21-22(16-7-13-20(29-2)14-8-16)25-26-23(24-21)17-3-9-18(27)10-4-17/h3-14,27H,1-2H3. The van der Waals surface area contributed by atoms with Crippen molar-refractivity contribution in [2.24, 2.45) is 0 Å². The highest BCUT2D eigenvalue weighted by molar-refractivity contribution is 5.79. The first-order chi connectivity index (χ1) is 14.2. The van der Waals surface area contributed by atoms with Crippen molar-refractivity contribution in [3.05, 3.63) is 72.8 Å². The maximum Gasteiger partial charge on any atom is 0.182 e. The molecule has 0 atom stereocenters. The van der Waals surface area contributed by atoms with Crippen molar-refractivity contribution < 1.29 is 14.6 Å². The number of aromatic hydroxyl groups is 1. The Hall–Kier alpha value is -3.93. The largest absolute Gasteiger partial charge is 0.508 e.